The molecule has 3 rings (SSSR count). The van der Waals surface area contributed by atoms with Crippen molar-refractivity contribution in [3.63, 3.8) is 0 Å². The predicted molar refractivity (Wildman–Crippen MR) is 123 cm³/mol. The lowest BCUT2D eigenvalue weighted by molar-refractivity contribution is -0.385. The van der Waals surface area contributed by atoms with Crippen molar-refractivity contribution in [3.8, 4) is 5.75 Å². The van der Waals surface area contributed by atoms with Gasteiger partial charge >= 0.3 is 10.1 Å². The number of non-ortho nitro benzene ring substituents is 1. The van der Waals surface area contributed by atoms with Crippen LogP contribution >= 0.6 is 0 Å². The highest BCUT2D eigenvalue weighted by Gasteiger charge is 2.20. The summed E-state index contributed by atoms with van der Waals surface area (Å²) in [6, 6.07) is 19.2. The van der Waals surface area contributed by atoms with Gasteiger partial charge in [0.05, 0.1) is 4.92 Å². The molecule has 0 fully saturated rings. The number of hydrogen-bond donors (Lipinski definition) is 2. The van der Waals surface area contributed by atoms with Crippen molar-refractivity contribution in [2.24, 2.45) is 0 Å². The molecule has 34 heavy (non-hydrogen) atoms. The molecule has 3 aromatic rings. The minimum atomic E-state index is -4.30. The summed E-state index contributed by atoms with van der Waals surface area (Å²) in [7, 11) is -4.30. The van der Waals surface area contributed by atoms with Gasteiger partial charge in [-0.05, 0) is 35.9 Å². The Kier molecular flexibility index (Phi) is 7.93. The van der Waals surface area contributed by atoms with Gasteiger partial charge in [0.1, 0.15) is 10.6 Å². The van der Waals surface area contributed by atoms with Crippen LogP contribution in [0.5, 0.6) is 5.75 Å². The third kappa shape index (κ3) is 6.87. The number of carbonyl (C=O) groups is 2. The Balaban J connectivity index is 1.49. The van der Waals surface area contributed by atoms with Crippen LogP contribution in [0.15, 0.2) is 83.8 Å². The number of hydrogen-bond acceptors (Lipinski definition) is 7. The maximum Gasteiger partial charge on any atom is 0.339 e. The van der Waals surface area contributed by atoms with Gasteiger partial charge in [-0.3, -0.25) is 19.7 Å². The Hall–Kier alpha value is -4.25. The van der Waals surface area contributed by atoms with Gasteiger partial charge in [0.15, 0.2) is 0 Å². The third-order valence-corrected chi connectivity index (χ3v) is 5.85. The van der Waals surface area contributed by atoms with E-state index in [0.29, 0.717) is 6.54 Å². The lowest BCUT2D eigenvalue weighted by atomic mass is 10.2. The quantitative estimate of drug-likeness (QED) is 0.256. The number of nitro groups is 1. The van der Waals surface area contributed by atoms with Gasteiger partial charge in [0.25, 0.3) is 11.6 Å². The van der Waals surface area contributed by atoms with E-state index in [-0.39, 0.29) is 40.8 Å². The lowest BCUT2D eigenvalue weighted by Gasteiger charge is -2.09. The van der Waals surface area contributed by atoms with E-state index in [2.05, 4.69) is 10.6 Å². The maximum absolute atomic E-state index is 12.4. The maximum atomic E-state index is 12.4. The van der Waals surface area contributed by atoms with Crippen molar-refractivity contribution >= 4 is 27.6 Å². The predicted octanol–water partition coefficient (Wildman–Crippen LogP) is 2.80. The number of nitro benzene ring substituents is 1. The molecule has 0 aromatic heterocycles. The molecule has 0 aliphatic rings. The zero-order valence-corrected chi connectivity index (χ0v) is 18.7. The van der Waals surface area contributed by atoms with Gasteiger partial charge in [-0.25, -0.2) is 0 Å². The normalized spacial score (nSPS) is 10.8. The summed E-state index contributed by atoms with van der Waals surface area (Å²) < 4.78 is 29.8. The van der Waals surface area contributed by atoms with Crippen molar-refractivity contribution in [2.75, 3.05) is 6.54 Å². The van der Waals surface area contributed by atoms with Crippen LogP contribution in [0.3, 0.4) is 0 Å². The number of amides is 2. The topological polar surface area (TPSA) is 145 Å². The van der Waals surface area contributed by atoms with Crippen LogP contribution in [0, 0.1) is 10.1 Å². The van der Waals surface area contributed by atoms with E-state index < -0.39 is 20.9 Å². The highest BCUT2D eigenvalue weighted by atomic mass is 32.2. The molecule has 3 aromatic carbocycles. The summed E-state index contributed by atoms with van der Waals surface area (Å²) in [5, 5.41) is 16.2. The summed E-state index contributed by atoms with van der Waals surface area (Å²) in [4.78, 5) is 34.0. The van der Waals surface area contributed by atoms with E-state index in [4.69, 9.17) is 4.18 Å². The van der Waals surface area contributed by atoms with Crippen LogP contribution in [0.25, 0.3) is 0 Å². The number of benzene rings is 3. The Morgan fingerprint density at radius 3 is 2.29 bits per heavy atom. The average Bonchev–Trinajstić information content (AvgIpc) is 2.83. The molecule has 0 radical (unpaired) electrons. The van der Waals surface area contributed by atoms with E-state index in [1.165, 1.54) is 42.5 Å². The van der Waals surface area contributed by atoms with Crippen molar-refractivity contribution in [1.82, 2.24) is 10.6 Å². The van der Waals surface area contributed by atoms with Crippen molar-refractivity contribution in [2.45, 2.75) is 17.9 Å². The first-order valence-electron chi connectivity index (χ1n) is 10.1. The second-order valence-corrected chi connectivity index (χ2v) is 8.63. The van der Waals surface area contributed by atoms with E-state index in [9.17, 15) is 28.1 Å². The van der Waals surface area contributed by atoms with Crippen LogP contribution in [-0.2, 0) is 21.5 Å². The Labute approximate surface area is 195 Å². The van der Waals surface area contributed by atoms with Gasteiger partial charge in [-0.2, -0.15) is 8.42 Å². The zero-order valence-electron chi connectivity index (χ0n) is 17.8. The fourth-order valence-corrected chi connectivity index (χ4v) is 3.84. The van der Waals surface area contributed by atoms with Gasteiger partial charge in [0.2, 0.25) is 5.91 Å². The monoisotopic (exact) mass is 483 g/mol. The smallest absolute Gasteiger partial charge is 0.339 e. The van der Waals surface area contributed by atoms with Crippen LogP contribution < -0.4 is 14.8 Å². The van der Waals surface area contributed by atoms with Gasteiger partial charge in [-0.15, -0.1) is 0 Å². The SMILES string of the molecule is O=C(CCNC(=O)c1ccc(OS(=O)(=O)c2cccc([N+](=O)[O-])c2)cc1)NCc1ccccc1. The molecule has 0 unspecified atom stereocenters. The standard InChI is InChI=1S/C23H21N3O7S/c27-22(25-16-17-5-2-1-3-6-17)13-14-24-23(28)18-9-11-20(12-10-18)33-34(31,32)21-8-4-7-19(15-21)26(29)30/h1-12,15H,13-14,16H2,(H,24,28)(H,25,27). The second kappa shape index (κ2) is 11.1. The van der Waals surface area contributed by atoms with E-state index in [1.54, 1.807) is 0 Å². The summed E-state index contributed by atoms with van der Waals surface area (Å²) in [5.74, 6) is -0.716. The number of rotatable bonds is 10. The molecule has 0 aliphatic heterocycles. The molecular weight excluding hydrogens is 462 g/mol. The molecule has 0 aliphatic carbocycles. The van der Waals surface area contributed by atoms with E-state index in [1.807, 2.05) is 30.3 Å². The molecule has 0 saturated carbocycles. The first-order chi connectivity index (χ1) is 16.2. The van der Waals surface area contributed by atoms with Crippen molar-refractivity contribution < 1.29 is 27.1 Å². The first kappa shape index (κ1) is 24.4. The summed E-state index contributed by atoms with van der Waals surface area (Å²) in [6.45, 7) is 0.521. The largest absolute Gasteiger partial charge is 0.379 e. The molecule has 2 amide bonds. The fourth-order valence-electron chi connectivity index (χ4n) is 2.87. The highest BCUT2D eigenvalue weighted by Crippen LogP contribution is 2.22. The molecule has 11 heteroatoms. The minimum absolute atomic E-state index is 0.0663. The molecule has 2 N–H and O–H groups in total. The highest BCUT2D eigenvalue weighted by molar-refractivity contribution is 7.87. The third-order valence-electron chi connectivity index (χ3n) is 4.61. The Morgan fingerprint density at radius 1 is 0.912 bits per heavy atom. The van der Waals surface area contributed by atoms with E-state index >= 15 is 0 Å². The van der Waals surface area contributed by atoms with Crippen molar-refractivity contribution in [1.29, 1.82) is 0 Å². The van der Waals surface area contributed by atoms with Crippen molar-refractivity contribution in [3.05, 3.63) is 100 Å². The molecule has 0 saturated heterocycles. The Morgan fingerprint density at radius 2 is 1.62 bits per heavy atom. The summed E-state index contributed by atoms with van der Waals surface area (Å²) in [6.07, 6.45) is 0.0984. The number of carbonyl (C=O) groups excluding carboxylic acids is 2. The molecule has 176 valence electrons. The number of nitrogens with one attached hydrogen (secondary N) is 2. The fraction of sp³-hybridized carbons (Fsp3) is 0.130. The molecule has 0 heterocycles. The van der Waals surface area contributed by atoms with Crippen LogP contribution in [0.1, 0.15) is 22.3 Å². The van der Waals surface area contributed by atoms with Gasteiger partial charge in [-0.1, -0.05) is 36.4 Å². The summed E-state index contributed by atoms with van der Waals surface area (Å²) in [5.41, 5.74) is 0.824. The zero-order chi connectivity index (χ0) is 24.6. The van der Waals surface area contributed by atoms with Crippen LogP contribution in [-0.4, -0.2) is 31.7 Å². The lowest BCUT2D eigenvalue weighted by Crippen LogP contribution is -2.30. The second-order valence-electron chi connectivity index (χ2n) is 7.08. The van der Waals surface area contributed by atoms with E-state index in [0.717, 1.165) is 11.6 Å². The van der Waals surface area contributed by atoms with Gasteiger partial charge < -0.3 is 14.8 Å². The van der Waals surface area contributed by atoms with Crippen LogP contribution in [0.2, 0.25) is 0 Å². The molecular formula is C23H21N3O7S. The number of nitrogens with zero attached hydrogens (tertiary/aromatic N) is 1. The molecule has 10 nitrogen and oxygen atoms in total. The molecule has 0 spiro atoms. The van der Waals surface area contributed by atoms with Crippen LogP contribution in [0.4, 0.5) is 5.69 Å². The first-order valence-corrected chi connectivity index (χ1v) is 11.5. The molecule has 0 atom stereocenters. The molecule has 0 bridgehead atoms. The Bertz CT molecular complexity index is 1280. The minimum Gasteiger partial charge on any atom is -0.379 e. The average molecular weight is 484 g/mol. The summed E-state index contributed by atoms with van der Waals surface area (Å²) >= 11 is 0. The van der Waals surface area contributed by atoms with Gasteiger partial charge in [0, 0.05) is 37.2 Å².